The SMILES string of the molecule is CCC(CC)N(CC(F)(F)F)S(=O)(=O)c1ccccc1Br. The second kappa shape index (κ2) is 7.11. The first-order chi connectivity index (χ1) is 9.63. The Morgan fingerprint density at radius 2 is 1.71 bits per heavy atom. The van der Waals surface area contributed by atoms with Crippen LogP contribution in [0.1, 0.15) is 26.7 Å². The van der Waals surface area contributed by atoms with Crippen molar-refractivity contribution in [2.75, 3.05) is 6.54 Å². The number of sulfonamides is 1. The van der Waals surface area contributed by atoms with Crippen LogP contribution in [0.2, 0.25) is 0 Å². The maximum Gasteiger partial charge on any atom is 0.402 e. The Morgan fingerprint density at radius 1 is 1.19 bits per heavy atom. The zero-order valence-electron chi connectivity index (χ0n) is 11.7. The third-order valence-electron chi connectivity index (χ3n) is 3.11. The third kappa shape index (κ3) is 4.69. The molecule has 3 nitrogen and oxygen atoms in total. The quantitative estimate of drug-likeness (QED) is 0.733. The van der Waals surface area contributed by atoms with Crippen molar-refractivity contribution < 1.29 is 21.6 Å². The lowest BCUT2D eigenvalue weighted by atomic mass is 10.2. The molecular weight excluding hydrogens is 371 g/mol. The number of hydrogen-bond acceptors (Lipinski definition) is 2. The summed E-state index contributed by atoms with van der Waals surface area (Å²) in [6, 6.07) is 5.19. The van der Waals surface area contributed by atoms with Crippen molar-refractivity contribution in [3.8, 4) is 0 Å². The fourth-order valence-electron chi connectivity index (χ4n) is 2.06. The molecule has 0 atom stereocenters. The van der Waals surface area contributed by atoms with Crippen LogP contribution in [0.4, 0.5) is 13.2 Å². The minimum Gasteiger partial charge on any atom is -0.207 e. The van der Waals surface area contributed by atoms with E-state index in [-0.39, 0.29) is 9.37 Å². The van der Waals surface area contributed by atoms with Crippen LogP contribution < -0.4 is 0 Å². The topological polar surface area (TPSA) is 37.4 Å². The monoisotopic (exact) mass is 387 g/mol. The molecule has 0 aliphatic carbocycles. The van der Waals surface area contributed by atoms with Gasteiger partial charge in [-0.2, -0.15) is 17.5 Å². The van der Waals surface area contributed by atoms with Gasteiger partial charge < -0.3 is 0 Å². The summed E-state index contributed by atoms with van der Waals surface area (Å²) < 4.78 is 64.3. The van der Waals surface area contributed by atoms with Crippen LogP contribution in [0.5, 0.6) is 0 Å². The molecule has 21 heavy (non-hydrogen) atoms. The highest BCUT2D eigenvalue weighted by Crippen LogP contribution is 2.30. The van der Waals surface area contributed by atoms with Crippen molar-refractivity contribution >= 4 is 26.0 Å². The molecule has 0 saturated heterocycles. The Bertz CT molecular complexity index is 571. The van der Waals surface area contributed by atoms with Gasteiger partial charge in [0, 0.05) is 10.5 Å². The first-order valence-electron chi connectivity index (χ1n) is 6.46. The van der Waals surface area contributed by atoms with E-state index < -0.39 is 28.8 Å². The van der Waals surface area contributed by atoms with Gasteiger partial charge in [-0.3, -0.25) is 0 Å². The van der Waals surface area contributed by atoms with E-state index in [1.54, 1.807) is 19.9 Å². The van der Waals surface area contributed by atoms with Crippen molar-refractivity contribution in [2.24, 2.45) is 0 Å². The number of alkyl halides is 3. The summed E-state index contributed by atoms with van der Waals surface area (Å²) in [5.41, 5.74) is 0. The molecule has 0 saturated carbocycles. The molecule has 120 valence electrons. The van der Waals surface area contributed by atoms with Crippen LogP contribution in [0, 0.1) is 0 Å². The molecule has 0 radical (unpaired) electrons. The van der Waals surface area contributed by atoms with Gasteiger partial charge in [-0.05, 0) is 40.9 Å². The Kier molecular flexibility index (Phi) is 6.24. The molecule has 0 amide bonds. The summed E-state index contributed by atoms with van der Waals surface area (Å²) in [5, 5.41) is 0. The fraction of sp³-hybridized carbons (Fsp3) is 0.538. The lowest BCUT2D eigenvalue weighted by molar-refractivity contribution is -0.139. The van der Waals surface area contributed by atoms with Crippen LogP contribution in [0.15, 0.2) is 33.6 Å². The van der Waals surface area contributed by atoms with E-state index in [0.717, 1.165) is 0 Å². The minimum atomic E-state index is -4.59. The summed E-state index contributed by atoms with van der Waals surface area (Å²) in [5.74, 6) is 0. The zero-order chi connectivity index (χ0) is 16.3. The van der Waals surface area contributed by atoms with Crippen molar-refractivity contribution in [3.63, 3.8) is 0 Å². The van der Waals surface area contributed by atoms with Gasteiger partial charge in [0.15, 0.2) is 0 Å². The van der Waals surface area contributed by atoms with E-state index in [2.05, 4.69) is 15.9 Å². The van der Waals surface area contributed by atoms with Crippen molar-refractivity contribution in [1.29, 1.82) is 0 Å². The molecular formula is C13H17BrF3NO2S. The smallest absolute Gasteiger partial charge is 0.207 e. The Labute approximate surface area is 131 Å². The van der Waals surface area contributed by atoms with Gasteiger partial charge in [-0.15, -0.1) is 0 Å². The van der Waals surface area contributed by atoms with Crippen molar-refractivity contribution in [1.82, 2.24) is 4.31 Å². The number of hydrogen-bond donors (Lipinski definition) is 0. The minimum absolute atomic E-state index is 0.152. The van der Waals surface area contributed by atoms with E-state index in [4.69, 9.17) is 0 Å². The van der Waals surface area contributed by atoms with E-state index in [1.807, 2.05) is 0 Å². The van der Waals surface area contributed by atoms with Gasteiger partial charge >= 0.3 is 6.18 Å². The molecule has 0 unspecified atom stereocenters. The lowest BCUT2D eigenvalue weighted by Crippen LogP contribution is -2.45. The first-order valence-corrected chi connectivity index (χ1v) is 8.70. The average molecular weight is 388 g/mol. The molecule has 8 heteroatoms. The Hall–Kier alpha value is -0.600. The van der Waals surface area contributed by atoms with Gasteiger partial charge in [0.2, 0.25) is 10.0 Å². The summed E-state index contributed by atoms with van der Waals surface area (Å²) in [6.07, 6.45) is -3.95. The average Bonchev–Trinajstić information content (AvgIpc) is 2.38. The van der Waals surface area contributed by atoms with Crippen LogP contribution >= 0.6 is 15.9 Å². The van der Waals surface area contributed by atoms with Crippen LogP contribution in [-0.2, 0) is 10.0 Å². The molecule has 0 spiro atoms. The number of halogens is 4. The summed E-state index contributed by atoms with van der Waals surface area (Å²) >= 11 is 3.09. The molecule has 0 heterocycles. The van der Waals surface area contributed by atoms with Gasteiger partial charge in [-0.25, -0.2) is 8.42 Å². The normalized spacial score (nSPS) is 13.1. The molecule has 0 aromatic heterocycles. The van der Waals surface area contributed by atoms with Crippen LogP contribution in [0.3, 0.4) is 0 Å². The van der Waals surface area contributed by atoms with E-state index in [9.17, 15) is 21.6 Å². The molecule has 0 aliphatic heterocycles. The third-order valence-corrected chi connectivity index (χ3v) is 6.02. The van der Waals surface area contributed by atoms with Gasteiger partial charge in [-0.1, -0.05) is 26.0 Å². The fourth-order valence-corrected chi connectivity index (χ4v) is 4.79. The number of nitrogens with zero attached hydrogens (tertiary/aromatic N) is 1. The van der Waals surface area contributed by atoms with E-state index >= 15 is 0 Å². The van der Waals surface area contributed by atoms with Crippen LogP contribution in [-0.4, -0.2) is 31.5 Å². The van der Waals surface area contributed by atoms with Gasteiger partial charge in [0.25, 0.3) is 0 Å². The number of rotatable bonds is 6. The molecule has 1 aromatic carbocycles. The molecule has 0 fully saturated rings. The highest BCUT2D eigenvalue weighted by Gasteiger charge is 2.40. The largest absolute Gasteiger partial charge is 0.402 e. The Morgan fingerprint density at radius 3 is 2.14 bits per heavy atom. The number of benzene rings is 1. The van der Waals surface area contributed by atoms with Crippen molar-refractivity contribution in [2.45, 2.75) is 43.8 Å². The predicted octanol–water partition coefficient (Wildman–Crippen LogP) is 4.19. The van der Waals surface area contributed by atoms with E-state index in [1.165, 1.54) is 18.2 Å². The molecule has 0 bridgehead atoms. The first kappa shape index (κ1) is 18.4. The maximum absolute atomic E-state index is 12.8. The van der Waals surface area contributed by atoms with E-state index in [0.29, 0.717) is 17.1 Å². The van der Waals surface area contributed by atoms with Crippen LogP contribution in [0.25, 0.3) is 0 Å². The summed E-state index contributed by atoms with van der Waals surface area (Å²) in [7, 11) is -4.22. The zero-order valence-corrected chi connectivity index (χ0v) is 14.1. The Balaban J connectivity index is 3.33. The standard InChI is InChI=1S/C13H17BrF3NO2S/c1-3-10(4-2)18(9-13(15,16)17)21(19,20)12-8-6-5-7-11(12)14/h5-8,10H,3-4,9H2,1-2H3. The molecule has 1 aromatic rings. The van der Waals surface area contributed by atoms with Crippen molar-refractivity contribution in [3.05, 3.63) is 28.7 Å². The van der Waals surface area contributed by atoms with Gasteiger partial charge in [0.05, 0.1) is 4.90 Å². The predicted molar refractivity (Wildman–Crippen MR) is 78.5 cm³/mol. The van der Waals surface area contributed by atoms with Gasteiger partial charge in [0.1, 0.15) is 6.54 Å². The molecule has 0 aliphatic rings. The summed E-state index contributed by atoms with van der Waals surface area (Å²) in [6.45, 7) is 1.86. The second-order valence-electron chi connectivity index (χ2n) is 4.57. The lowest BCUT2D eigenvalue weighted by Gasteiger charge is -2.30. The second-order valence-corrected chi connectivity index (χ2v) is 7.28. The molecule has 1 rings (SSSR count). The molecule has 0 N–H and O–H groups in total. The maximum atomic E-state index is 12.8. The highest BCUT2D eigenvalue weighted by atomic mass is 79.9. The highest BCUT2D eigenvalue weighted by molar-refractivity contribution is 9.10. The summed E-state index contributed by atoms with van der Waals surface area (Å²) in [4.78, 5) is -0.152.